The van der Waals surface area contributed by atoms with Gasteiger partial charge in [-0.3, -0.25) is 9.89 Å². The van der Waals surface area contributed by atoms with E-state index >= 15 is 0 Å². The van der Waals surface area contributed by atoms with Crippen molar-refractivity contribution in [2.45, 2.75) is 26.4 Å². The van der Waals surface area contributed by atoms with Crippen LogP contribution in [0.3, 0.4) is 0 Å². The Bertz CT molecular complexity index is 591. The molecule has 0 aliphatic heterocycles. The van der Waals surface area contributed by atoms with E-state index in [-0.39, 0.29) is 6.04 Å². The third-order valence-corrected chi connectivity index (χ3v) is 4.11. The van der Waals surface area contributed by atoms with E-state index in [9.17, 15) is 0 Å². The predicted octanol–water partition coefficient (Wildman–Crippen LogP) is 3.03. The van der Waals surface area contributed by atoms with Crippen LogP contribution in [-0.4, -0.2) is 37.5 Å². The predicted molar refractivity (Wildman–Crippen MR) is 99.0 cm³/mol. The maximum Gasteiger partial charge on any atom is 0.191 e. The van der Waals surface area contributed by atoms with Crippen molar-refractivity contribution in [2.24, 2.45) is 4.99 Å². The molecule has 0 amide bonds. The fourth-order valence-corrected chi connectivity index (χ4v) is 2.75. The molecule has 1 atom stereocenters. The molecule has 0 aliphatic rings. The van der Waals surface area contributed by atoms with Gasteiger partial charge in [0.25, 0.3) is 0 Å². The summed E-state index contributed by atoms with van der Waals surface area (Å²) in [5.41, 5.74) is 1.23. The van der Waals surface area contributed by atoms with Crippen molar-refractivity contribution < 1.29 is 4.42 Å². The summed E-state index contributed by atoms with van der Waals surface area (Å²) in [6, 6.07) is 14.5. The third kappa shape index (κ3) is 5.13. The SMILES string of the molecule is CCN(CC)C(CNC(=NC)NCc1ccccc1)c1ccco1. The topological polar surface area (TPSA) is 52.8 Å². The van der Waals surface area contributed by atoms with Crippen LogP contribution in [0, 0.1) is 0 Å². The summed E-state index contributed by atoms with van der Waals surface area (Å²) in [6.07, 6.45) is 1.73. The highest BCUT2D eigenvalue weighted by Gasteiger charge is 2.20. The van der Waals surface area contributed by atoms with Gasteiger partial charge in [-0.2, -0.15) is 0 Å². The Morgan fingerprint density at radius 3 is 2.42 bits per heavy atom. The molecule has 5 nitrogen and oxygen atoms in total. The van der Waals surface area contributed by atoms with E-state index in [4.69, 9.17) is 4.42 Å². The number of aliphatic imine (C=N–C) groups is 1. The van der Waals surface area contributed by atoms with Crippen LogP contribution in [0.1, 0.15) is 31.2 Å². The lowest BCUT2D eigenvalue weighted by Crippen LogP contribution is -2.42. The first-order chi connectivity index (χ1) is 11.8. The van der Waals surface area contributed by atoms with Crippen LogP contribution in [0.4, 0.5) is 0 Å². The minimum atomic E-state index is 0.185. The number of rotatable bonds is 8. The fourth-order valence-electron chi connectivity index (χ4n) is 2.75. The van der Waals surface area contributed by atoms with Crippen molar-refractivity contribution in [3.63, 3.8) is 0 Å². The molecule has 1 aromatic heterocycles. The van der Waals surface area contributed by atoms with Crippen molar-refractivity contribution in [2.75, 3.05) is 26.7 Å². The first-order valence-corrected chi connectivity index (χ1v) is 8.54. The average molecular weight is 328 g/mol. The molecule has 5 heteroatoms. The highest BCUT2D eigenvalue weighted by molar-refractivity contribution is 5.79. The molecule has 1 aromatic carbocycles. The van der Waals surface area contributed by atoms with Crippen LogP contribution in [0.2, 0.25) is 0 Å². The highest BCUT2D eigenvalue weighted by Crippen LogP contribution is 2.20. The molecule has 1 heterocycles. The zero-order chi connectivity index (χ0) is 17.2. The Kier molecular flexibility index (Phi) is 7.36. The number of nitrogens with one attached hydrogen (secondary N) is 2. The molecule has 0 spiro atoms. The molecule has 0 aliphatic carbocycles. The number of hydrogen-bond donors (Lipinski definition) is 2. The standard InChI is InChI=1S/C19H28N4O/c1-4-23(5-2)17(18-12-9-13-24-18)15-22-19(20-3)21-14-16-10-7-6-8-11-16/h6-13,17H,4-5,14-15H2,1-3H3,(H2,20,21,22). The summed E-state index contributed by atoms with van der Waals surface area (Å²) in [7, 11) is 1.79. The lowest BCUT2D eigenvalue weighted by Gasteiger charge is -2.28. The molecule has 24 heavy (non-hydrogen) atoms. The lowest BCUT2D eigenvalue weighted by molar-refractivity contribution is 0.193. The van der Waals surface area contributed by atoms with Crippen molar-refractivity contribution >= 4 is 5.96 Å². The third-order valence-electron chi connectivity index (χ3n) is 4.11. The van der Waals surface area contributed by atoms with Crippen LogP contribution in [-0.2, 0) is 6.54 Å². The molecule has 0 radical (unpaired) electrons. The van der Waals surface area contributed by atoms with E-state index in [1.54, 1.807) is 13.3 Å². The summed E-state index contributed by atoms with van der Waals surface area (Å²) >= 11 is 0. The zero-order valence-electron chi connectivity index (χ0n) is 14.8. The molecule has 1 unspecified atom stereocenters. The Hall–Kier alpha value is -2.27. The van der Waals surface area contributed by atoms with Gasteiger partial charge in [0.15, 0.2) is 5.96 Å². The van der Waals surface area contributed by atoms with Crippen LogP contribution >= 0.6 is 0 Å². The number of hydrogen-bond acceptors (Lipinski definition) is 3. The lowest BCUT2D eigenvalue weighted by atomic mass is 10.2. The molecule has 2 aromatic rings. The van der Waals surface area contributed by atoms with Crippen molar-refractivity contribution in [3.05, 3.63) is 60.1 Å². The van der Waals surface area contributed by atoms with Crippen LogP contribution in [0.15, 0.2) is 58.1 Å². The zero-order valence-corrected chi connectivity index (χ0v) is 14.8. The first kappa shape index (κ1) is 18.1. The normalized spacial score (nSPS) is 13.1. The molecule has 2 N–H and O–H groups in total. The molecule has 2 rings (SSSR count). The van der Waals surface area contributed by atoms with Crippen LogP contribution in [0.25, 0.3) is 0 Å². The monoisotopic (exact) mass is 328 g/mol. The Labute approximate surface area is 144 Å². The largest absolute Gasteiger partial charge is 0.468 e. The van der Waals surface area contributed by atoms with Crippen LogP contribution < -0.4 is 10.6 Å². The van der Waals surface area contributed by atoms with Gasteiger partial charge in [0, 0.05) is 20.1 Å². The minimum Gasteiger partial charge on any atom is -0.468 e. The van der Waals surface area contributed by atoms with Gasteiger partial charge >= 0.3 is 0 Å². The molecule has 0 saturated heterocycles. The van der Waals surface area contributed by atoms with E-state index in [0.717, 1.165) is 37.9 Å². The van der Waals surface area contributed by atoms with Gasteiger partial charge in [0.05, 0.1) is 12.3 Å². The van der Waals surface area contributed by atoms with E-state index in [2.05, 4.69) is 46.5 Å². The van der Waals surface area contributed by atoms with Crippen LogP contribution in [0.5, 0.6) is 0 Å². The Balaban J connectivity index is 1.94. The molecule has 0 saturated carbocycles. The first-order valence-electron chi connectivity index (χ1n) is 8.54. The summed E-state index contributed by atoms with van der Waals surface area (Å²) in [5.74, 6) is 1.77. The van der Waals surface area contributed by atoms with Crippen molar-refractivity contribution in [3.8, 4) is 0 Å². The smallest absolute Gasteiger partial charge is 0.191 e. The second-order valence-electron chi connectivity index (χ2n) is 5.54. The quantitative estimate of drug-likeness (QED) is 0.578. The molecule has 130 valence electrons. The summed E-state index contributed by atoms with van der Waals surface area (Å²) < 4.78 is 5.63. The molecule has 0 fully saturated rings. The Morgan fingerprint density at radius 1 is 1.08 bits per heavy atom. The van der Waals surface area contributed by atoms with Gasteiger partial charge in [0.1, 0.15) is 5.76 Å². The summed E-state index contributed by atoms with van der Waals surface area (Å²) in [4.78, 5) is 6.68. The van der Waals surface area contributed by atoms with Gasteiger partial charge in [-0.1, -0.05) is 44.2 Å². The number of benzene rings is 1. The highest BCUT2D eigenvalue weighted by atomic mass is 16.3. The van der Waals surface area contributed by atoms with Gasteiger partial charge in [-0.15, -0.1) is 0 Å². The fraction of sp³-hybridized carbons (Fsp3) is 0.421. The average Bonchev–Trinajstić information content (AvgIpc) is 3.16. The van der Waals surface area contributed by atoms with Gasteiger partial charge in [-0.05, 0) is 30.8 Å². The second-order valence-corrected chi connectivity index (χ2v) is 5.54. The Morgan fingerprint density at radius 2 is 1.83 bits per heavy atom. The summed E-state index contributed by atoms with van der Waals surface area (Å²) in [6.45, 7) is 7.77. The van der Waals surface area contributed by atoms with E-state index in [1.165, 1.54) is 5.56 Å². The van der Waals surface area contributed by atoms with E-state index < -0.39 is 0 Å². The van der Waals surface area contributed by atoms with Gasteiger partial charge < -0.3 is 15.1 Å². The summed E-state index contributed by atoms with van der Waals surface area (Å²) in [5, 5.41) is 6.77. The van der Waals surface area contributed by atoms with Gasteiger partial charge in [-0.25, -0.2) is 0 Å². The molecular weight excluding hydrogens is 300 g/mol. The number of nitrogens with zero attached hydrogens (tertiary/aromatic N) is 2. The number of likely N-dealkylation sites (N-methyl/N-ethyl adjacent to an activating group) is 1. The second kappa shape index (κ2) is 9.78. The number of furan rings is 1. The van der Waals surface area contributed by atoms with E-state index in [1.807, 2.05) is 30.3 Å². The molecular formula is C19H28N4O. The van der Waals surface area contributed by atoms with Crippen molar-refractivity contribution in [1.82, 2.24) is 15.5 Å². The molecule has 0 bridgehead atoms. The minimum absolute atomic E-state index is 0.185. The van der Waals surface area contributed by atoms with E-state index in [0.29, 0.717) is 0 Å². The van der Waals surface area contributed by atoms with Crippen molar-refractivity contribution in [1.29, 1.82) is 0 Å². The van der Waals surface area contributed by atoms with Gasteiger partial charge in [0.2, 0.25) is 0 Å². The maximum atomic E-state index is 5.63. The number of guanidine groups is 1. The maximum absolute atomic E-state index is 5.63.